The highest BCUT2D eigenvalue weighted by molar-refractivity contribution is 7.13. The molecule has 2 heterocycles. The highest BCUT2D eigenvalue weighted by Crippen LogP contribution is 2.19. The number of thiazole rings is 1. The fourth-order valence-electron chi connectivity index (χ4n) is 0.821. The predicted octanol–water partition coefficient (Wildman–Crippen LogP) is 2.01. The molecule has 3 heteroatoms. The molecule has 0 N–H and O–H groups in total. The second-order valence-electron chi connectivity index (χ2n) is 2.02. The van der Waals surface area contributed by atoms with Crippen molar-refractivity contribution in [2.45, 2.75) is 0 Å². The zero-order chi connectivity index (χ0) is 7.52. The maximum absolute atomic E-state index is 4.05. The SMILES string of the molecule is [c]1csc(-c2ccncc2)n1. The largest absolute Gasteiger partial charge is 0.265 e. The minimum atomic E-state index is 0.993. The normalized spacial score (nSPS) is 9.82. The van der Waals surface area contributed by atoms with Crippen molar-refractivity contribution in [2.75, 3.05) is 0 Å². The van der Waals surface area contributed by atoms with E-state index in [2.05, 4.69) is 16.2 Å². The van der Waals surface area contributed by atoms with Crippen molar-refractivity contribution in [3.63, 3.8) is 0 Å². The Balaban J connectivity index is 2.46. The number of nitrogens with zero attached hydrogens (tertiary/aromatic N) is 2. The van der Waals surface area contributed by atoms with Gasteiger partial charge in [0.15, 0.2) is 0 Å². The second kappa shape index (κ2) is 2.80. The molecule has 53 valence electrons. The lowest BCUT2D eigenvalue weighted by molar-refractivity contribution is 1.32. The Morgan fingerprint density at radius 1 is 1.27 bits per heavy atom. The van der Waals surface area contributed by atoms with Gasteiger partial charge in [0, 0.05) is 23.3 Å². The molecule has 0 saturated carbocycles. The predicted molar refractivity (Wildman–Crippen MR) is 44.2 cm³/mol. The van der Waals surface area contributed by atoms with Crippen molar-refractivity contribution in [3.05, 3.63) is 36.1 Å². The van der Waals surface area contributed by atoms with Crippen LogP contribution in [-0.4, -0.2) is 9.97 Å². The smallest absolute Gasteiger partial charge is 0.124 e. The van der Waals surface area contributed by atoms with Crippen molar-refractivity contribution in [3.8, 4) is 10.6 Å². The first kappa shape index (κ1) is 6.49. The van der Waals surface area contributed by atoms with Crippen LogP contribution in [0.3, 0.4) is 0 Å². The van der Waals surface area contributed by atoms with E-state index in [9.17, 15) is 0 Å². The summed E-state index contributed by atoms with van der Waals surface area (Å²) in [6, 6.07) is 3.87. The maximum Gasteiger partial charge on any atom is 0.124 e. The molecule has 2 rings (SSSR count). The molecular weight excluding hydrogens is 156 g/mol. The number of pyridine rings is 1. The Morgan fingerprint density at radius 3 is 2.73 bits per heavy atom. The van der Waals surface area contributed by atoms with Gasteiger partial charge < -0.3 is 0 Å². The summed E-state index contributed by atoms with van der Waals surface area (Å²) in [5, 5.41) is 2.84. The molecule has 0 atom stereocenters. The first-order valence-electron chi connectivity index (χ1n) is 3.19. The zero-order valence-electron chi connectivity index (χ0n) is 5.69. The zero-order valence-corrected chi connectivity index (χ0v) is 6.51. The summed E-state index contributed by atoms with van der Waals surface area (Å²) in [5.74, 6) is 0. The molecule has 0 aliphatic heterocycles. The van der Waals surface area contributed by atoms with Crippen LogP contribution < -0.4 is 0 Å². The maximum atomic E-state index is 4.05. The van der Waals surface area contributed by atoms with Gasteiger partial charge in [0.25, 0.3) is 0 Å². The molecule has 2 nitrogen and oxygen atoms in total. The molecule has 0 unspecified atom stereocenters. The van der Waals surface area contributed by atoms with Crippen LogP contribution in [0.2, 0.25) is 0 Å². The van der Waals surface area contributed by atoms with E-state index in [4.69, 9.17) is 0 Å². The van der Waals surface area contributed by atoms with E-state index in [1.54, 1.807) is 23.7 Å². The number of aromatic nitrogens is 2. The fraction of sp³-hybridized carbons (Fsp3) is 0. The van der Waals surface area contributed by atoms with Gasteiger partial charge in [-0.05, 0) is 12.1 Å². The molecule has 11 heavy (non-hydrogen) atoms. The number of hydrogen-bond donors (Lipinski definition) is 0. The van der Waals surface area contributed by atoms with Crippen LogP contribution in [-0.2, 0) is 0 Å². The minimum absolute atomic E-state index is 0.993. The van der Waals surface area contributed by atoms with Crippen molar-refractivity contribution < 1.29 is 0 Å². The summed E-state index contributed by atoms with van der Waals surface area (Å²) in [7, 11) is 0. The van der Waals surface area contributed by atoms with Crippen LogP contribution in [0.4, 0.5) is 0 Å². The average molecular weight is 161 g/mol. The molecule has 0 aliphatic carbocycles. The standard InChI is InChI=1S/C8H5N2S/c1-3-9-4-2-7(1)8-10-5-6-11-8/h1-4,6H. The van der Waals surface area contributed by atoms with Crippen LogP contribution >= 0.6 is 11.3 Å². The summed E-state index contributed by atoms with van der Waals surface area (Å²) in [5.41, 5.74) is 1.10. The number of rotatable bonds is 1. The van der Waals surface area contributed by atoms with Crippen LogP contribution in [0.15, 0.2) is 29.9 Å². The highest BCUT2D eigenvalue weighted by atomic mass is 32.1. The van der Waals surface area contributed by atoms with E-state index in [1.807, 2.05) is 17.5 Å². The Hall–Kier alpha value is -1.22. The van der Waals surface area contributed by atoms with Crippen LogP contribution in [0, 0.1) is 6.20 Å². The molecule has 2 aromatic rings. The lowest BCUT2D eigenvalue weighted by Gasteiger charge is -1.91. The van der Waals surface area contributed by atoms with Crippen LogP contribution in [0.25, 0.3) is 10.6 Å². The summed E-state index contributed by atoms with van der Waals surface area (Å²) >= 11 is 1.58. The summed E-state index contributed by atoms with van der Waals surface area (Å²) in [6.45, 7) is 0. The molecule has 1 radical (unpaired) electrons. The molecule has 2 aromatic heterocycles. The Morgan fingerprint density at radius 2 is 2.09 bits per heavy atom. The van der Waals surface area contributed by atoms with Gasteiger partial charge in [-0.2, -0.15) is 0 Å². The third kappa shape index (κ3) is 1.28. The van der Waals surface area contributed by atoms with E-state index in [0.717, 1.165) is 10.6 Å². The summed E-state index contributed by atoms with van der Waals surface area (Å²) in [4.78, 5) is 7.97. The van der Waals surface area contributed by atoms with Gasteiger partial charge >= 0.3 is 0 Å². The molecule has 0 aromatic carbocycles. The van der Waals surface area contributed by atoms with E-state index >= 15 is 0 Å². The van der Waals surface area contributed by atoms with Gasteiger partial charge in [0.1, 0.15) is 11.2 Å². The van der Waals surface area contributed by atoms with Crippen molar-refractivity contribution in [1.29, 1.82) is 0 Å². The lowest BCUT2D eigenvalue weighted by Crippen LogP contribution is -1.74. The third-order valence-corrected chi connectivity index (χ3v) is 2.09. The first-order chi connectivity index (χ1) is 5.47. The van der Waals surface area contributed by atoms with Crippen molar-refractivity contribution >= 4 is 11.3 Å². The topological polar surface area (TPSA) is 25.8 Å². The van der Waals surface area contributed by atoms with Gasteiger partial charge in [-0.15, -0.1) is 11.3 Å². The number of hydrogen-bond acceptors (Lipinski definition) is 3. The van der Waals surface area contributed by atoms with E-state index < -0.39 is 0 Å². The minimum Gasteiger partial charge on any atom is -0.265 e. The molecule has 0 bridgehead atoms. The third-order valence-electron chi connectivity index (χ3n) is 1.32. The monoisotopic (exact) mass is 161 g/mol. The van der Waals surface area contributed by atoms with Gasteiger partial charge in [0.2, 0.25) is 0 Å². The van der Waals surface area contributed by atoms with Gasteiger partial charge in [-0.1, -0.05) is 0 Å². The van der Waals surface area contributed by atoms with Crippen molar-refractivity contribution in [2.24, 2.45) is 0 Å². The molecule has 0 aliphatic rings. The van der Waals surface area contributed by atoms with Crippen LogP contribution in [0.5, 0.6) is 0 Å². The summed E-state index contributed by atoms with van der Waals surface area (Å²) in [6.07, 6.45) is 6.30. The molecule has 0 fully saturated rings. The molecule has 0 amide bonds. The van der Waals surface area contributed by atoms with Gasteiger partial charge in [-0.25, -0.2) is 4.98 Å². The van der Waals surface area contributed by atoms with Crippen molar-refractivity contribution in [1.82, 2.24) is 9.97 Å². The quantitative estimate of drug-likeness (QED) is 0.639. The summed E-state index contributed by atoms with van der Waals surface area (Å²) < 4.78 is 0. The van der Waals surface area contributed by atoms with Gasteiger partial charge in [-0.3, -0.25) is 4.98 Å². The Kier molecular flexibility index (Phi) is 1.65. The Labute approximate surface area is 68.6 Å². The van der Waals surface area contributed by atoms with E-state index in [1.165, 1.54) is 0 Å². The van der Waals surface area contributed by atoms with Gasteiger partial charge in [0.05, 0.1) is 0 Å². The second-order valence-corrected chi connectivity index (χ2v) is 2.88. The average Bonchev–Trinajstić information content (AvgIpc) is 2.58. The van der Waals surface area contributed by atoms with E-state index in [-0.39, 0.29) is 0 Å². The fourth-order valence-corrected chi connectivity index (χ4v) is 1.42. The molecule has 0 spiro atoms. The molecular formula is C8H5N2S. The van der Waals surface area contributed by atoms with E-state index in [0.29, 0.717) is 0 Å². The Bertz CT molecular complexity index is 315. The lowest BCUT2D eigenvalue weighted by atomic mass is 10.3. The van der Waals surface area contributed by atoms with Crippen LogP contribution in [0.1, 0.15) is 0 Å². The highest BCUT2D eigenvalue weighted by Gasteiger charge is 1.96. The first-order valence-corrected chi connectivity index (χ1v) is 4.07. The molecule has 0 saturated heterocycles.